The zero-order valence-corrected chi connectivity index (χ0v) is 10.3. The van der Waals surface area contributed by atoms with E-state index in [1.165, 1.54) is 12.8 Å². The Hall–Kier alpha value is -0.630. The Morgan fingerprint density at radius 1 is 1.33 bits per heavy atom. The fourth-order valence-corrected chi connectivity index (χ4v) is 2.69. The van der Waals surface area contributed by atoms with Gasteiger partial charge in [-0.2, -0.15) is 0 Å². The Bertz CT molecular complexity index is 353. The summed E-state index contributed by atoms with van der Waals surface area (Å²) >= 11 is 3.42. The third-order valence-corrected chi connectivity index (χ3v) is 3.57. The summed E-state index contributed by atoms with van der Waals surface area (Å²) < 4.78 is 1.05. The molecule has 1 aromatic rings. The van der Waals surface area contributed by atoms with Crippen molar-refractivity contribution in [3.8, 4) is 0 Å². The van der Waals surface area contributed by atoms with Gasteiger partial charge in [0.15, 0.2) is 0 Å². The van der Waals surface area contributed by atoms with Crippen LogP contribution in [0.3, 0.4) is 0 Å². The second-order valence-electron chi connectivity index (χ2n) is 4.25. The predicted molar refractivity (Wildman–Crippen MR) is 64.8 cm³/mol. The Balaban J connectivity index is 1.99. The summed E-state index contributed by atoms with van der Waals surface area (Å²) in [5.74, 6) is 0.759. The minimum absolute atomic E-state index is 0.337. The van der Waals surface area contributed by atoms with Gasteiger partial charge in [0.2, 0.25) is 0 Å². The summed E-state index contributed by atoms with van der Waals surface area (Å²) in [5, 5.41) is 0. The molecule has 1 fully saturated rings. The maximum Gasteiger partial charge on any atom is 0.140 e. The number of carbonyl (C=O) groups excluding carboxylic acids is 1. The quantitative estimate of drug-likeness (QED) is 0.815. The monoisotopic (exact) mass is 266 g/mol. The smallest absolute Gasteiger partial charge is 0.140 e. The van der Waals surface area contributed by atoms with Crippen molar-refractivity contribution in [2.45, 2.75) is 32.1 Å². The predicted octanol–water partition coefficient (Wildman–Crippen LogP) is 3.75. The summed E-state index contributed by atoms with van der Waals surface area (Å²) in [5.41, 5.74) is 1.13. The minimum Gasteiger partial charge on any atom is -0.299 e. The molecule has 0 bridgehead atoms. The standard InChI is InChI=1S/C13H15BrO/c14-12-7-3-4-10(8-12)9-13(15)11-5-1-2-6-11/h3-4,7-8,11H,1-2,5-6,9H2. The third-order valence-electron chi connectivity index (χ3n) is 3.08. The molecular formula is C13H15BrO. The third kappa shape index (κ3) is 2.91. The Morgan fingerprint density at radius 2 is 2.07 bits per heavy atom. The van der Waals surface area contributed by atoms with Crippen LogP contribution in [-0.4, -0.2) is 5.78 Å². The molecule has 2 heteroatoms. The molecule has 0 aliphatic heterocycles. The van der Waals surface area contributed by atoms with Crippen molar-refractivity contribution in [3.63, 3.8) is 0 Å². The van der Waals surface area contributed by atoms with E-state index in [1.807, 2.05) is 24.3 Å². The van der Waals surface area contributed by atoms with Gasteiger partial charge in [-0.15, -0.1) is 0 Å². The van der Waals surface area contributed by atoms with Crippen LogP contribution < -0.4 is 0 Å². The number of hydrogen-bond acceptors (Lipinski definition) is 1. The van der Waals surface area contributed by atoms with Crippen molar-refractivity contribution in [2.75, 3.05) is 0 Å². The number of rotatable bonds is 3. The van der Waals surface area contributed by atoms with Crippen molar-refractivity contribution < 1.29 is 4.79 Å². The molecule has 1 aromatic carbocycles. The van der Waals surface area contributed by atoms with Gasteiger partial charge in [0.1, 0.15) is 5.78 Å². The van der Waals surface area contributed by atoms with Gasteiger partial charge in [-0.05, 0) is 30.5 Å². The molecule has 0 atom stereocenters. The van der Waals surface area contributed by atoms with Gasteiger partial charge in [-0.3, -0.25) is 4.79 Å². The number of benzene rings is 1. The van der Waals surface area contributed by atoms with Crippen LogP contribution in [0.2, 0.25) is 0 Å². The molecule has 0 heterocycles. The molecule has 0 spiro atoms. The molecule has 0 N–H and O–H groups in total. The summed E-state index contributed by atoms with van der Waals surface area (Å²) in [6, 6.07) is 8.04. The second kappa shape index (κ2) is 4.93. The summed E-state index contributed by atoms with van der Waals surface area (Å²) in [6.07, 6.45) is 5.27. The van der Waals surface area contributed by atoms with Crippen molar-refractivity contribution in [3.05, 3.63) is 34.3 Å². The van der Waals surface area contributed by atoms with Crippen LogP contribution in [0.5, 0.6) is 0 Å². The first-order chi connectivity index (χ1) is 7.25. The van der Waals surface area contributed by atoms with Crippen LogP contribution in [0.4, 0.5) is 0 Å². The molecule has 1 saturated carbocycles. The van der Waals surface area contributed by atoms with Crippen LogP contribution >= 0.6 is 15.9 Å². The van der Waals surface area contributed by atoms with E-state index >= 15 is 0 Å². The first-order valence-electron chi connectivity index (χ1n) is 5.53. The number of halogens is 1. The average molecular weight is 267 g/mol. The number of Topliss-reactive ketones (excluding diaryl/α,β-unsaturated/α-hetero) is 1. The number of carbonyl (C=O) groups is 1. The molecule has 2 rings (SSSR count). The first-order valence-corrected chi connectivity index (χ1v) is 6.32. The fourth-order valence-electron chi connectivity index (χ4n) is 2.24. The lowest BCUT2D eigenvalue weighted by Crippen LogP contribution is -2.13. The highest BCUT2D eigenvalue weighted by atomic mass is 79.9. The van der Waals surface area contributed by atoms with Gasteiger partial charge in [-0.1, -0.05) is 40.9 Å². The molecule has 1 nitrogen and oxygen atoms in total. The van der Waals surface area contributed by atoms with Gasteiger partial charge < -0.3 is 0 Å². The van der Waals surface area contributed by atoms with Gasteiger partial charge in [0.05, 0.1) is 0 Å². The highest BCUT2D eigenvalue weighted by molar-refractivity contribution is 9.10. The van der Waals surface area contributed by atoms with Crippen LogP contribution in [-0.2, 0) is 11.2 Å². The molecule has 80 valence electrons. The molecule has 0 amide bonds. The van der Waals surface area contributed by atoms with Crippen LogP contribution in [0.1, 0.15) is 31.2 Å². The topological polar surface area (TPSA) is 17.1 Å². The maximum atomic E-state index is 11.9. The minimum atomic E-state index is 0.337. The number of ketones is 1. The SMILES string of the molecule is O=C(Cc1cccc(Br)c1)C1CCCC1. The lowest BCUT2D eigenvalue weighted by molar-refractivity contribution is -0.122. The molecule has 15 heavy (non-hydrogen) atoms. The summed E-state index contributed by atoms with van der Waals surface area (Å²) in [7, 11) is 0. The Morgan fingerprint density at radius 3 is 2.73 bits per heavy atom. The Kier molecular flexibility index (Phi) is 3.57. The normalized spacial score (nSPS) is 16.9. The van der Waals surface area contributed by atoms with Crippen LogP contribution in [0, 0.1) is 5.92 Å². The van der Waals surface area contributed by atoms with Gasteiger partial charge in [0, 0.05) is 16.8 Å². The summed E-state index contributed by atoms with van der Waals surface area (Å²) in [4.78, 5) is 11.9. The summed E-state index contributed by atoms with van der Waals surface area (Å²) in [6.45, 7) is 0. The van der Waals surface area contributed by atoms with E-state index < -0.39 is 0 Å². The van der Waals surface area contributed by atoms with E-state index in [0.717, 1.165) is 22.9 Å². The maximum absolute atomic E-state index is 11.9. The zero-order valence-electron chi connectivity index (χ0n) is 8.71. The van der Waals surface area contributed by atoms with Gasteiger partial charge >= 0.3 is 0 Å². The number of hydrogen-bond donors (Lipinski definition) is 0. The van der Waals surface area contributed by atoms with Crippen molar-refractivity contribution in [2.24, 2.45) is 5.92 Å². The molecule has 0 saturated heterocycles. The largest absolute Gasteiger partial charge is 0.299 e. The zero-order chi connectivity index (χ0) is 10.7. The van der Waals surface area contributed by atoms with E-state index in [2.05, 4.69) is 15.9 Å². The van der Waals surface area contributed by atoms with Gasteiger partial charge in [-0.25, -0.2) is 0 Å². The van der Waals surface area contributed by atoms with Crippen molar-refractivity contribution >= 4 is 21.7 Å². The van der Waals surface area contributed by atoms with Gasteiger partial charge in [0.25, 0.3) is 0 Å². The Labute approximate surface area is 99.0 Å². The molecule has 0 radical (unpaired) electrons. The van der Waals surface area contributed by atoms with Crippen LogP contribution in [0.15, 0.2) is 28.7 Å². The van der Waals surface area contributed by atoms with E-state index in [0.29, 0.717) is 18.1 Å². The fraction of sp³-hybridized carbons (Fsp3) is 0.462. The van der Waals surface area contributed by atoms with Crippen molar-refractivity contribution in [1.82, 2.24) is 0 Å². The molecular weight excluding hydrogens is 252 g/mol. The van der Waals surface area contributed by atoms with E-state index in [-0.39, 0.29) is 0 Å². The molecule has 0 aromatic heterocycles. The lowest BCUT2D eigenvalue weighted by atomic mass is 9.97. The molecule has 1 aliphatic carbocycles. The lowest BCUT2D eigenvalue weighted by Gasteiger charge is -2.07. The molecule has 1 aliphatic rings. The van der Waals surface area contributed by atoms with E-state index in [9.17, 15) is 4.79 Å². The first kappa shape index (κ1) is 10.9. The highest BCUT2D eigenvalue weighted by Crippen LogP contribution is 2.26. The van der Waals surface area contributed by atoms with E-state index in [1.54, 1.807) is 0 Å². The second-order valence-corrected chi connectivity index (χ2v) is 5.17. The van der Waals surface area contributed by atoms with E-state index in [4.69, 9.17) is 0 Å². The average Bonchev–Trinajstić information content (AvgIpc) is 2.70. The van der Waals surface area contributed by atoms with Crippen LogP contribution in [0.25, 0.3) is 0 Å². The van der Waals surface area contributed by atoms with Crippen molar-refractivity contribution in [1.29, 1.82) is 0 Å². The highest BCUT2D eigenvalue weighted by Gasteiger charge is 2.22. The molecule has 0 unspecified atom stereocenters.